The van der Waals surface area contributed by atoms with Crippen LogP contribution >= 0.6 is 0 Å². The van der Waals surface area contributed by atoms with Crippen molar-refractivity contribution < 1.29 is 4.79 Å². The minimum atomic E-state index is -0.286. The molecule has 3 aromatic rings. The molecule has 2 nitrogen and oxygen atoms in total. The first-order valence-corrected chi connectivity index (χ1v) is 13.8. The molecule has 2 aliphatic rings. The summed E-state index contributed by atoms with van der Waals surface area (Å²) in [5, 5.41) is 3.45. The number of carbonyl (C=O) groups excluding carboxylic acids is 1. The van der Waals surface area contributed by atoms with Crippen LogP contribution in [0, 0.1) is 11.3 Å². The van der Waals surface area contributed by atoms with Gasteiger partial charge in [0.25, 0.3) is 0 Å². The third-order valence-corrected chi connectivity index (χ3v) is 9.37. The number of benzene rings is 3. The SMILES string of the molecule is CC(C)c1ccc2c(c1)[C@]1(C)CCC[C@](C)(CNC(=O)C(c3ccccc3)c3ccccc3)[C@@H]1CC2. The number of nitrogens with one attached hydrogen (secondary N) is 1. The molecule has 0 saturated heterocycles. The molecule has 1 saturated carbocycles. The molecule has 2 aliphatic carbocycles. The average molecular weight is 480 g/mol. The zero-order valence-corrected chi connectivity index (χ0v) is 22.4. The summed E-state index contributed by atoms with van der Waals surface area (Å²) in [6.45, 7) is 10.3. The minimum Gasteiger partial charge on any atom is -0.355 e. The van der Waals surface area contributed by atoms with Gasteiger partial charge < -0.3 is 5.32 Å². The van der Waals surface area contributed by atoms with E-state index in [4.69, 9.17) is 0 Å². The fraction of sp³-hybridized carbons (Fsp3) is 0.441. The van der Waals surface area contributed by atoms with Gasteiger partial charge in [0.2, 0.25) is 5.91 Å². The molecule has 2 heteroatoms. The van der Waals surface area contributed by atoms with Gasteiger partial charge in [0.1, 0.15) is 0 Å². The largest absolute Gasteiger partial charge is 0.355 e. The molecule has 0 bridgehead atoms. The van der Waals surface area contributed by atoms with Crippen LogP contribution in [0.1, 0.15) is 93.0 Å². The lowest BCUT2D eigenvalue weighted by molar-refractivity contribution is -0.122. The van der Waals surface area contributed by atoms with Gasteiger partial charge in [-0.1, -0.05) is 113 Å². The van der Waals surface area contributed by atoms with E-state index in [-0.39, 0.29) is 22.7 Å². The molecular weight excluding hydrogens is 438 g/mol. The third-order valence-electron chi connectivity index (χ3n) is 9.37. The number of carbonyl (C=O) groups is 1. The predicted octanol–water partition coefficient (Wildman–Crippen LogP) is 7.77. The van der Waals surface area contributed by atoms with Gasteiger partial charge in [-0.2, -0.15) is 0 Å². The van der Waals surface area contributed by atoms with E-state index < -0.39 is 0 Å². The van der Waals surface area contributed by atoms with E-state index in [2.05, 4.69) is 75.5 Å². The fourth-order valence-electron chi connectivity index (χ4n) is 7.36. The Morgan fingerprint density at radius 2 is 1.53 bits per heavy atom. The van der Waals surface area contributed by atoms with Crippen molar-refractivity contribution in [3.63, 3.8) is 0 Å². The molecule has 3 atom stereocenters. The molecule has 0 spiro atoms. The van der Waals surface area contributed by atoms with Gasteiger partial charge in [0.05, 0.1) is 5.92 Å². The zero-order chi connectivity index (χ0) is 25.3. The molecule has 0 unspecified atom stereocenters. The van der Waals surface area contributed by atoms with Crippen molar-refractivity contribution in [2.75, 3.05) is 6.54 Å². The first-order valence-electron chi connectivity index (χ1n) is 13.8. The maximum atomic E-state index is 13.8. The summed E-state index contributed by atoms with van der Waals surface area (Å²) >= 11 is 0. The second-order valence-corrected chi connectivity index (χ2v) is 12.1. The van der Waals surface area contributed by atoms with E-state index in [0.29, 0.717) is 11.8 Å². The average Bonchev–Trinajstić information content (AvgIpc) is 2.89. The number of fused-ring (bicyclic) bond motifs is 3. The summed E-state index contributed by atoms with van der Waals surface area (Å²) in [7, 11) is 0. The second-order valence-electron chi connectivity index (χ2n) is 12.1. The Labute approximate surface area is 217 Å². The first-order chi connectivity index (χ1) is 17.3. The summed E-state index contributed by atoms with van der Waals surface area (Å²) < 4.78 is 0. The van der Waals surface area contributed by atoms with Crippen molar-refractivity contribution in [1.29, 1.82) is 0 Å². The molecule has 0 radical (unpaired) electrons. The van der Waals surface area contributed by atoms with E-state index in [0.717, 1.165) is 24.1 Å². The van der Waals surface area contributed by atoms with Gasteiger partial charge in [-0.25, -0.2) is 0 Å². The Balaban J connectivity index is 1.40. The maximum absolute atomic E-state index is 13.8. The van der Waals surface area contributed by atoms with Crippen LogP contribution in [0.25, 0.3) is 0 Å². The lowest BCUT2D eigenvalue weighted by atomic mass is 9.49. The molecule has 1 amide bonds. The van der Waals surface area contributed by atoms with E-state index in [1.165, 1.54) is 31.2 Å². The van der Waals surface area contributed by atoms with Gasteiger partial charge in [0, 0.05) is 6.54 Å². The Bertz CT molecular complexity index is 1160. The van der Waals surface area contributed by atoms with Gasteiger partial charge in [-0.15, -0.1) is 0 Å². The topological polar surface area (TPSA) is 29.1 Å². The molecule has 3 aromatic carbocycles. The molecule has 1 fully saturated rings. The number of amides is 1. The van der Waals surface area contributed by atoms with Crippen LogP contribution in [0.2, 0.25) is 0 Å². The highest BCUT2D eigenvalue weighted by Crippen LogP contribution is 2.57. The highest BCUT2D eigenvalue weighted by Gasteiger charge is 2.51. The van der Waals surface area contributed by atoms with E-state index in [1.807, 2.05) is 36.4 Å². The Morgan fingerprint density at radius 1 is 0.889 bits per heavy atom. The molecular formula is C34H41NO. The van der Waals surface area contributed by atoms with Crippen molar-refractivity contribution in [3.05, 3.63) is 107 Å². The Hall–Kier alpha value is -2.87. The second kappa shape index (κ2) is 9.88. The number of hydrogen-bond donors (Lipinski definition) is 1. The number of aryl methyl sites for hydroxylation is 1. The molecule has 0 aromatic heterocycles. The monoisotopic (exact) mass is 479 g/mol. The standard InChI is InChI=1S/C34H41NO/c1-24(2)28-17-16-25-18-19-30-33(3,20-11-21-34(30,4)29(25)22-28)23-35-32(36)31(26-12-7-5-8-13-26)27-14-9-6-10-15-27/h5-10,12-17,22,24,30-31H,11,18-21,23H2,1-4H3,(H,35,36)/t30-,33+,34-/m0/s1. The number of rotatable bonds is 6. The van der Waals surface area contributed by atoms with E-state index >= 15 is 0 Å². The minimum absolute atomic E-state index is 0.0894. The van der Waals surface area contributed by atoms with Crippen LogP contribution in [0.4, 0.5) is 0 Å². The molecule has 0 aliphatic heterocycles. The lowest BCUT2D eigenvalue weighted by Gasteiger charge is -2.55. The van der Waals surface area contributed by atoms with Crippen LogP contribution < -0.4 is 5.32 Å². The molecule has 5 rings (SSSR count). The van der Waals surface area contributed by atoms with Crippen LogP contribution in [0.3, 0.4) is 0 Å². The van der Waals surface area contributed by atoms with Crippen molar-refractivity contribution in [1.82, 2.24) is 5.32 Å². The van der Waals surface area contributed by atoms with E-state index in [9.17, 15) is 4.79 Å². The fourth-order valence-corrected chi connectivity index (χ4v) is 7.36. The Kier molecular flexibility index (Phi) is 6.81. The molecule has 188 valence electrons. The van der Waals surface area contributed by atoms with E-state index in [1.54, 1.807) is 11.1 Å². The first kappa shape index (κ1) is 24.8. The summed E-state index contributed by atoms with van der Waals surface area (Å²) in [5.74, 6) is 0.938. The third kappa shape index (κ3) is 4.51. The molecule has 0 heterocycles. The highest BCUT2D eigenvalue weighted by atomic mass is 16.1. The maximum Gasteiger partial charge on any atom is 0.232 e. The summed E-state index contributed by atoms with van der Waals surface area (Å²) in [4.78, 5) is 13.8. The van der Waals surface area contributed by atoms with Crippen molar-refractivity contribution in [2.45, 2.75) is 77.0 Å². The summed E-state index contributed by atoms with van der Waals surface area (Å²) in [5.41, 5.74) is 6.93. The Morgan fingerprint density at radius 3 is 2.14 bits per heavy atom. The van der Waals surface area contributed by atoms with Gasteiger partial charge in [-0.05, 0) is 76.2 Å². The van der Waals surface area contributed by atoms with Gasteiger partial charge >= 0.3 is 0 Å². The van der Waals surface area contributed by atoms with Gasteiger partial charge in [0.15, 0.2) is 0 Å². The zero-order valence-electron chi connectivity index (χ0n) is 22.4. The summed E-state index contributed by atoms with van der Waals surface area (Å²) in [6, 6.07) is 27.6. The molecule has 36 heavy (non-hydrogen) atoms. The van der Waals surface area contributed by atoms with Crippen molar-refractivity contribution in [3.8, 4) is 0 Å². The van der Waals surface area contributed by atoms with Crippen molar-refractivity contribution in [2.24, 2.45) is 11.3 Å². The van der Waals surface area contributed by atoms with Crippen LogP contribution in [-0.2, 0) is 16.6 Å². The normalized spacial score (nSPS) is 25.3. The van der Waals surface area contributed by atoms with Crippen LogP contribution in [-0.4, -0.2) is 12.5 Å². The predicted molar refractivity (Wildman–Crippen MR) is 149 cm³/mol. The number of hydrogen-bond acceptors (Lipinski definition) is 1. The highest BCUT2D eigenvalue weighted by molar-refractivity contribution is 5.87. The van der Waals surface area contributed by atoms with Crippen LogP contribution in [0.15, 0.2) is 78.9 Å². The smallest absolute Gasteiger partial charge is 0.232 e. The molecule has 1 N–H and O–H groups in total. The summed E-state index contributed by atoms with van der Waals surface area (Å²) in [6.07, 6.45) is 5.98. The van der Waals surface area contributed by atoms with Crippen molar-refractivity contribution >= 4 is 5.91 Å². The lowest BCUT2D eigenvalue weighted by Crippen LogP contribution is -2.53. The van der Waals surface area contributed by atoms with Crippen LogP contribution in [0.5, 0.6) is 0 Å². The quantitative estimate of drug-likeness (QED) is 0.384. The van der Waals surface area contributed by atoms with Gasteiger partial charge in [-0.3, -0.25) is 4.79 Å².